The fourth-order valence-corrected chi connectivity index (χ4v) is 2.28. The Morgan fingerprint density at radius 2 is 1.89 bits per heavy atom. The third kappa shape index (κ3) is 3.39. The molecule has 0 aliphatic carbocycles. The van der Waals surface area contributed by atoms with Gasteiger partial charge in [0.05, 0.1) is 16.1 Å². The molecule has 1 rings (SSSR count). The summed E-state index contributed by atoms with van der Waals surface area (Å²) in [6.45, 7) is 4.15. The van der Waals surface area contributed by atoms with Crippen LogP contribution >= 0.6 is 23.2 Å². The topological polar surface area (TPSA) is 23.5 Å². The summed E-state index contributed by atoms with van der Waals surface area (Å²) in [7, 11) is 3.98. The Hall–Kier alpha value is -0.280. The van der Waals surface area contributed by atoms with Crippen molar-refractivity contribution in [2.75, 3.05) is 14.1 Å². The number of rotatable bonds is 5. The van der Waals surface area contributed by atoms with Gasteiger partial charge in [0.15, 0.2) is 0 Å². The van der Waals surface area contributed by atoms with Gasteiger partial charge in [-0.3, -0.25) is 0 Å². The van der Waals surface area contributed by atoms with E-state index in [9.17, 15) is 5.11 Å². The van der Waals surface area contributed by atoms with E-state index in [1.165, 1.54) is 0 Å². The molecule has 18 heavy (non-hydrogen) atoms. The molecule has 102 valence electrons. The highest BCUT2D eigenvalue weighted by Crippen LogP contribution is 2.27. The van der Waals surface area contributed by atoms with Crippen LogP contribution in [0, 0.1) is 0 Å². The molecule has 0 heterocycles. The lowest BCUT2D eigenvalue weighted by molar-refractivity contribution is 0.00301. The highest BCUT2D eigenvalue weighted by atomic mass is 35.5. The van der Waals surface area contributed by atoms with E-state index in [0.29, 0.717) is 16.5 Å². The maximum atomic E-state index is 10.4. The van der Waals surface area contributed by atoms with Crippen molar-refractivity contribution in [1.82, 2.24) is 4.90 Å². The summed E-state index contributed by atoms with van der Waals surface area (Å²) in [6, 6.07) is 5.49. The summed E-state index contributed by atoms with van der Waals surface area (Å²) in [5.41, 5.74) is 0.755. The van der Waals surface area contributed by atoms with Gasteiger partial charge < -0.3 is 10.0 Å². The fourth-order valence-electron chi connectivity index (χ4n) is 1.96. The Bertz CT molecular complexity index is 409. The lowest BCUT2D eigenvalue weighted by Crippen LogP contribution is -2.51. The Balaban J connectivity index is 2.86. The molecule has 0 saturated carbocycles. The smallest absolute Gasteiger partial charge is 0.0761 e. The van der Waals surface area contributed by atoms with Crippen molar-refractivity contribution >= 4 is 23.2 Å². The predicted molar refractivity (Wildman–Crippen MR) is 78.6 cm³/mol. The molecule has 2 unspecified atom stereocenters. The molecule has 1 N–H and O–H groups in total. The number of likely N-dealkylation sites (N-methyl/N-ethyl adjacent to an activating group) is 1. The van der Waals surface area contributed by atoms with Gasteiger partial charge in [0.25, 0.3) is 0 Å². The average Bonchev–Trinajstić information content (AvgIpc) is 2.32. The molecule has 0 amide bonds. The minimum absolute atomic E-state index is 0.244. The average molecular weight is 290 g/mol. The van der Waals surface area contributed by atoms with Gasteiger partial charge in [0.2, 0.25) is 0 Å². The minimum Gasteiger partial charge on any atom is -0.391 e. The van der Waals surface area contributed by atoms with Gasteiger partial charge in [0, 0.05) is 12.0 Å². The molecule has 2 atom stereocenters. The number of hydrogen-bond donors (Lipinski definition) is 1. The quantitative estimate of drug-likeness (QED) is 0.895. The highest BCUT2D eigenvalue weighted by Gasteiger charge is 2.33. The molecule has 0 bridgehead atoms. The van der Waals surface area contributed by atoms with E-state index in [4.69, 9.17) is 23.2 Å². The molecular weight excluding hydrogens is 269 g/mol. The first-order valence-corrected chi connectivity index (χ1v) is 6.86. The van der Waals surface area contributed by atoms with Crippen LogP contribution < -0.4 is 0 Å². The first-order chi connectivity index (χ1) is 8.31. The maximum Gasteiger partial charge on any atom is 0.0761 e. The van der Waals surface area contributed by atoms with Gasteiger partial charge in [-0.05, 0) is 45.1 Å². The van der Waals surface area contributed by atoms with Gasteiger partial charge in [-0.2, -0.15) is 0 Å². The zero-order chi connectivity index (χ0) is 13.9. The van der Waals surface area contributed by atoms with E-state index in [0.717, 1.165) is 12.0 Å². The lowest BCUT2D eigenvalue weighted by Gasteiger charge is -2.40. The molecule has 4 heteroatoms. The van der Waals surface area contributed by atoms with Crippen molar-refractivity contribution in [3.8, 4) is 0 Å². The first kappa shape index (κ1) is 15.8. The van der Waals surface area contributed by atoms with E-state index >= 15 is 0 Å². The zero-order valence-corrected chi connectivity index (χ0v) is 12.9. The number of aliphatic hydroxyl groups excluding tert-OH is 1. The van der Waals surface area contributed by atoms with Crippen LogP contribution in [-0.2, 0) is 6.42 Å². The third-order valence-corrected chi connectivity index (χ3v) is 4.61. The van der Waals surface area contributed by atoms with Crippen LogP contribution in [0.4, 0.5) is 0 Å². The molecule has 0 aromatic heterocycles. The van der Waals surface area contributed by atoms with Crippen LogP contribution in [0.25, 0.3) is 0 Å². The van der Waals surface area contributed by atoms with Gasteiger partial charge in [0.1, 0.15) is 0 Å². The summed E-state index contributed by atoms with van der Waals surface area (Å²) in [5, 5.41) is 11.5. The highest BCUT2D eigenvalue weighted by molar-refractivity contribution is 6.42. The van der Waals surface area contributed by atoms with Crippen LogP contribution in [0.1, 0.15) is 25.8 Å². The molecule has 0 aliphatic rings. The van der Waals surface area contributed by atoms with Gasteiger partial charge in [-0.25, -0.2) is 0 Å². The van der Waals surface area contributed by atoms with Crippen LogP contribution in [0.15, 0.2) is 18.2 Å². The Morgan fingerprint density at radius 3 is 2.33 bits per heavy atom. The number of halogens is 2. The molecule has 0 fully saturated rings. The van der Waals surface area contributed by atoms with E-state index in [1.54, 1.807) is 6.07 Å². The Labute approximate surface area is 120 Å². The summed E-state index contributed by atoms with van der Waals surface area (Å²) in [4.78, 5) is 2.06. The number of aliphatic hydroxyl groups is 1. The molecular formula is C14H21Cl2NO. The van der Waals surface area contributed by atoms with Gasteiger partial charge >= 0.3 is 0 Å². The summed E-state index contributed by atoms with van der Waals surface area (Å²) < 4.78 is 0. The second-order valence-electron chi connectivity index (χ2n) is 5.07. The van der Waals surface area contributed by atoms with Crippen molar-refractivity contribution < 1.29 is 5.11 Å². The second kappa shape index (κ2) is 6.25. The summed E-state index contributed by atoms with van der Waals surface area (Å²) >= 11 is 11.9. The molecule has 1 aromatic rings. The van der Waals surface area contributed by atoms with Crippen molar-refractivity contribution in [1.29, 1.82) is 0 Å². The number of hydrogen-bond acceptors (Lipinski definition) is 2. The minimum atomic E-state index is -0.449. The molecule has 0 radical (unpaired) electrons. The maximum absolute atomic E-state index is 10.4. The third-order valence-electron chi connectivity index (χ3n) is 3.87. The summed E-state index contributed by atoms with van der Waals surface area (Å²) in [6.07, 6.45) is 0.997. The molecule has 0 saturated heterocycles. The van der Waals surface area contributed by atoms with Crippen LogP contribution in [0.2, 0.25) is 10.0 Å². The summed E-state index contributed by atoms with van der Waals surface area (Å²) in [5.74, 6) is 0. The van der Waals surface area contributed by atoms with Crippen LogP contribution in [0.3, 0.4) is 0 Å². The van der Waals surface area contributed by atoms with E-state index < -0.39 is 6.10 Å². The van der Waals surface area contributed by atoms with Crippen molar-refractivity contribution in [3.05, 3.63) is 33.8 Å². The van der Waals surface area contributed by atoms with E-state index in [-0.39, 0.29) is 5.54 Å². The Kier molecular flexibility index (Phi) is 5.47. The first-order valence-electron chi connectivity index (χ1n) is 6.10. The SMILES string of the molecule is CCC(C)(C(O)Cc1ccc(Cl)c(Cl)c1)N(C)C. The van der Waals surface area contributed by atoms with Crippen LogP contribution in [-0.4, -0.2) is 35.7 Å². The van der Waals surface area contributed by atoms with E-state index in [1.807, 2.05) is 26.2 Å². The standard InChI is InChI=1S/C14H21Cl2NO/c1-5-14(2,17(3)4)13(18)9-10-6-7-11(15)12(16)8-10/h6-8,13,18H,5,9H2,1-4H3. The Morgan fingerprint density at radius 1 is 1.28 bits per heavy atom. The monoisotopic (exact) mass is 289 g/mol. The molecule has 1 aromatic carbocycles. The van der Waals surface area contributed by atoms with Gasteiger partial charge in [-0.15, -0.1) is 0 Å². The largest absolute Gasteiger partial charge is 0.391 e. The normalized spacial score (nSPS) is 16.7. The van der Waals surface area contributed by atoms with Crippen molar-refractivity contribution in [2.24, 2.45) is 0 Å². The predicted octanol–water partition coefficient (Wildman–Crippen LogP) is 3.63. The van der Waals surface area contributed by atoms with E-state index in [2.05, 4.69) is 18.7 Å². The number of benzene rings is 1. The van der Waals surface area contributed by atoms with Gasteiger partial charge in [-0.1, -0.05) is 36.2 Å². The lowest BCUT2D eigenvalue weighted by atomic mass is 9.86. The molecule has 0 aliphatic heterocycles. The van der Waals surface area contributed by atoms with Crippen molar-refractivity contribution in [3.63, 3.8) is 0 Å². The molecule has 2 nitrogen and oxygen atoms in total. The number of nitrogens with zero attached hydrogens (tertiary/aromatic N) is 1. The van der Waals surface area contributed by atoms with Crippen molar-refractivity contribution in [2.45, 2.75) is 38.3 Å². The fraction of sp³-hybridized carbons (Fsp3) is 0.571. The molecule has 0 spiro atoms. The van der Waals surface area contributed by atoms with Crippen LogP contribution in [0.5, 0.6) is 0 Å². The second-order valence-corrected chi connectivity index (χ2v) is 5.89. The zero-order valence-electron chi connectivity index (χ0n) is 11.4.